The molecule has 2 aromatic rings. The summed E-state index contributed by atoms with van der Waals surface area (Å²) in [4.78, 5) is 0. The van der Waals surface area contributed by atoms with E-state index < -0.39 is 0 Å². The summed E-state index contributed by atoms with van der Waals surface area (Å²) >= 11 is 7.14. The van der Waals surface area contributed by atoms with Crippen LogP contribution in [0.1, 0.15) is 24.7 Å². The summed E-state index contributed by atoms with van der Waals surface area (Å²) in [6.07, 6.45) is 1.08. The first-order valence-corrected chi connectivity index (χ1v) is 7.66. The van der Waals surface area contributed by atoms with E-state index in [4.69, 9.17) is 0 Å². The lowest BCUT2D eigenvalue weighted by atomic mass is 10.2. The van der Waals surface area contributed by atoms with Crippen LogP contribution in [0.3, 0.4) is 0 Å². The average Bonchev–Trinajstić information content (AvgIpc) is 2.76. The fourth-order valence-electron chi connectivity index (χ4n) is 1.76. The lowest BCUT2D eigenvalue weighted by Gasteiger charge is -2.10. The number of hydrogen-bond acceptors (Lipinski definition) is 4. The van der Waals surface area contributed by atoms with Crippen molar-refractivity contribution >= 4 is 31.9 Å². The van der Waals surface area contributed by atoms with Crippen LogP contribution in [-0.4, -0.2) is 26.8 Å². The summed E-state index contributed by atoms with van der Waals surface area (Å²) in [5.41, 5.74) is 2.09. The number of rotatable bonds is 5. The zero-order valence-electron chi connectivity index (χ0n) is 10.8. The smallest absolute Gasteiger partial charge is 0.170 e. The molecule has 0 amide bonds. The molecule has 0 radical (unpaired) electrons. The molecule has 1 aromatic carbocycles. The van der Waals surface area contributed by atoms with Gasteiger partial charge in [-0.25, -0.2) is 0 Å². The zero-order valence-corrected chi connectivity index (χ0v) is 14.0. The number of nitrogens with zero attached hydrogens (tertiary/aromatic N) is 4. The van der Waals surface area contributed by atoms with Crippen LogP contribution >= 0.6 is 31.9 Å². The summed E-state index contributed by atoms with van der Waals surface area (Å²) in [7, 11) is 0. The Labute approximate surface area is 129 Å². The quantitative estimate of drug-likeness (QED) is 0.800. The van der Waals surface area contributed by atoms with Gasteiger partial charge >= 0.3 is 0 Å². The van der Waals surface area contributed by atoms with Gasteiger partial charge in [0.2, 0.25) is 0 Å². The second-order valence-electron chi connectivity index (χ2n) is 4.26. The van der Waals surface area contributed by atoms with Crippen LogP contribution in [0.5, 0.6) is 0 Å². The van der Waals surface area contributed by atoms with Crippen molar-refractivity contribution < 1.29 is 0 Å². The summed E-state index contributed by atoms with van der Waals surface area (Å²) in [6, 6.07) is 4.09. The van der Waals surface area contributed by atoms with Crippen molar-refractivity contribution in [1.29, 1.82) is 0 Å². The minimum Gasteiger partial charge on any atom is -0.310 e. The fraction of sp³-hybridized carbons (Fsp3) is 0.417. The highest BCUT2D eigenvalue weighted by Crippen LogP contribution is 2.30. The largest absolute Gasteiger partial charge is 0.310 e. The van der Waals surface area contributed by atoms with Crippen molar-refractivity contribution in [2.45, 2.75) is 26.8 Å². The molecule has 1 heterocycles. The van der Waals surface area contributed by atoms with Gasteiger partial charge < -0.3 is 5.32 Å². The Bertz CT molecular complexity index is 544. The molecule has 0 aliphatic rings. The van der Waals surface area contributed by atoms with Gasteiger partial charge in [0.05, 0.1) is 12.2 Å². The summed E-state index contributed by atoms with van der Waals surface area (Å²) in [5.74, 6) is 0.790. The normalized spacial score (nSPS) is 10.9. The van der Waals surface area contributed by atoms with Gasteiger partial charge in [-0.15, -0.1) is 5.10 Å². The molecule has 1 N–H and O–H groups in total. The topological polar surface area (TPSA) is 55.6 Å². The maximum absolute atomic E-state index is 4.07. The number of aromatic nitrogens is 4. The third-order valence-electron chi connectivity index (χ3n) is 2.62. The number of hydrogen-bond donors (Lipinski definition) is 1. The standard InChI is InChI=1S/C12H15Br2N5/c1-3-4-15-7-11-16-17-18-19(11)12-9(13)5-8(2)6-10(12)14/h5-6,15H,3-4,7H2,1-2H3. The predicted molar refractivity (Wildman–Crippen MR) is 81.3 cm³/mol. The minimum atomic E-state index is 0.646. The Morgan fingerprint density at radius 3 is 2.58 bits per heavy atom. The Morgan fingerprint density at radius 2 is 1.95 bits per heavy atom. The van der Waals surface area contributed by atoms with Crippen LogP contribution in [0.15, 0.2) is 21.1 Å². The van der Waals surface area contributed by atoms with Gasteiger partial charge in [0.15, 0.2) is 5.82 Å². The Balaban J connectivity index is 2.35. The highest BCUT2D eigenvalue weighted by Gasteiger charge is 2.14. The van der Waals surface area contributed by atoms with E-state index >= 15 is 0 Å². The number of benzene rings is 1. The molecule has 19 heavy (non-hydrogen) atoms. The lowest BCUT2D eigenvalue weighted by molar-refractivity contribution is 0.632. The summed E-state index contributed by atoms with van der Waals surface area (Å²) in [6.45, 7) is 5.77. The van der Waals surface area contributed by atoms with Crippen LogP contribution < -0.4 is 5.32 Å². The van der Waals surface area contributed by atoms with Crippen LogP contribution in [-0.2, 0) is 6.54 Å². The van der Waals surface area contributed by atoms with Gasteiger partial charge in [-0.2, -0.15) is 4.68 Å². The fourth-order valence-corrected chi connectivity index (χ4v) is 3.51. The highest BCUT2D eigenvalue weighted by atomic mass is 79.9. The van der Waals surface area contributed by atoms with Gasteiger partial charge in [0.25, 0.3) is 0 Å². The van der Waals surface area contributed by atoms with Crippen LogP contribution in [0.2, 0.25) is 0 Å². The van der Waals surface area contributed by atoms with E-state index in [9.17, 15) is 0 Å². The first-order chi connectivity index (χ1) is 9.13. The van der Waals surface area contributed by atoms with Crippen molar-refractivity contribution in [3.05, 3.63) is 32.5 Å². The molecule has 0 aliphatic carbocycles. The average molecular weight is 389 g/mol. The third-order valence-corrected chi connectivity index (χ3v) is 3.83. The highest BCUT2D eigenvalue weighted by molar-refractivity contribution is 9.11. The minimum absolute atomic E-state index is 0.646. The van der Waals surface area contributed by atoms with Crippen LogP contribution in [0.25, 0.3) is 5.69 Å². The van der Waals surface area contributed by atoms with E-state index in [1.54, 1.807) is 4.68 Å². The molecule has 0 spiro atoms. The maximum Gasteiger partial charge on any atom is 0.170 e. The van der Waals surface area contributed by atoms with E-state index in [-0.39, 0.29) is 0 Å². The lowest BCUT2D eigenvalue weighted by Crippen LogP contribution is -2.18. The molecule has 7 heteroatoms. The SMILES string of the molecule is CCCNCc1nnnn1-c1c(Br)cc(C)cc1Br. The Kier molecular flexibility index (Phi) is 5.06. The molecule has 0 saturated carbocycles. The van der Waals surface area contributed by atoms with E-state index in [0.717, 1.165) is 33.4 Å². The van der Waals surface area contributed by atoms with Gasteiger partial charge in [0.1, 0.15) is 0 Å². The zero-order chi connectivity index (χ0) is 13.8. The molecule has 5 nitrogen and oxygen atoms in total. The van der Waals surface area contributed by atoms with E-state index in [1.165, 1.54) is 5.56 Å². The maximum atomic E-state index is 4.07. The van der Waals surface area contributed by atoms with Gasteiger partial charge in [-0.1, -0.05) is 6.92 Å². The number of aryl methyl sites for hydroxylation is 1. The molecule has 0 atom stereocenters. The summed E-state index contributed by atoms with van der Waals surface area (Å²) < 4.78 is 3.67. The first-order valence-electron chi connectivity index (χ1n) is 6.07. The van der Waals surface area contributed by atoms with Crippen molar-refractivity contribution in [3.8, 4) is 5.69 Å². The number of halogens is 2. The van der Waals surface area contributed by atoms with Crippen LogP contribution in [0.4, 0.5) is 0 Å². The molecular weight excluding hydrogens is 374 g/mol. The van der Waals surface area contributed by atoms with Crippen molar-refractivity contribution in [1.82, 2.24) is 25.5 Å². The molecule has 0 bridgehead atoms. The molecule has 0 unspecified atom stereocenters. The van der Waals surface area contributed by atoms with Crippen molar-refractivity contribution in [3.63, 3.8) is 0 Å². The van der Waals surface area contributed by atoms with Crippen molar-refractivity contribution in [2.75, 3.05) is 6.54 Å². The molecule has 1 aromatic heterocycles. The van der Waals surface area contributed by atoms with Crippen molar-refractivity contribution in [2.24, 2.45) is 0 Å². The Morgan fingerprint density at radius 1 is 1.26 bits per heavy atom. The molecule has 2 rings (SSSR count). The predicted octanol–water partition coefficient (Wildman–Crippen LogP) is 3.00. The third kappa shape index (κ3) is 3.40. The number of nitrogens with one attached hydrogen (secondary N) is 1. The molecular formula is C12H15Br2N5. The van der Waals surface area contributed by atoms with Crippen LogP contribution in [0, 0.1) is 6.92 Å². The molecule has 0 saturated heterocycles. The molecule has 0 fully saturated rings. The monoisotopic (exact) mass is 387 g/mol. The van der Waals surface area contributed by atoms with E-state index in [2.05, 4.69) is 59.6 Å². The van der Waals surface area contributed by atoms with Gasteiger partial charge in [-0.3, -0.25) is 0 Å². The second kappa shape index (κ2) is 6.58. The van der Waals surface area contributed by atoms with Gasteiger partial charge in [-0.05, 0) is 79.9 Å². The molecule has 102 valence electrons. The van der Waals surface area contributed by atoms with Gasteiger partial charge in [0, 0.05) is 8.95 Å². The molecule has 0 aliphatic heterocycles. The van der Waals surface area contributed by atoms with E-state index in [1.807, 2.05) is 19.1 Å². The summed E-state index contributed by atoms with van der Waals surface area (Å²) in [5, 5.41) is 15.2. The van der Waals surface area contributed by atoms with E-state index in [0.29, 0.717) is 6.54 Å². The number of tetrazole rings is 1. The second-order valence-corrected chi connectivity index (χ2v) is 5.97. The Hall–Kier alpha value is -0.790. The first kappa shape index (κ1) is 14.6.